The lowest BCUT2D eigenvalue weighted by Crippen LogP contribution is -2.51. The zero-order chi connectivity index (χ0) is 17.2. The van der Waals surface area contributed by atoms with Crippen molar-refractivity contribution in [1.82, 2.24) is 10.2 Å². The molecule has 0 saturated heterocycles. The molecular weight excluding hydrogens is 316 g/mol. The van der Waals surface area contributed by atoms with E-state index in [-0.39, 0.29) is 12.5 Å². The third kappa shape index (κ3) is 2.63. The van der Waals surface area contributed by atoms with E-state index in [4.69, 9.17) is 15.7 Å². The van der Waals surface area contributed by atoms with Crippen molar-refractivity contribution in [3.8, 4) is 17.3 Å². The van der Waals surface area contributed by atoms with Crippen molar-refractivity contribution in [2.24, 2.45) is 16.1 Å². The molecule has 0 unspecified atom stereocenters. The van der Waals surface area contributed by atoms with E-state index in [1.807, 2.05) is 0 Å². The number of hydrogen-bond donors (Lipinski definition) is 2. The highest BCUT2D eigenvalue weighted by Gasteiger charge is 2.42. The van der Waals surface area contributed by atoms with E-state index in [1.165, 1.54) is 6.20 Å². The van der Waals surface area contributed by atoms with Gasteiger partial charge in [-0.3, -0.25) is 13.9 Å². The molecule has 1 aromatic heterocycles. The number of nitriles is 1. The number of H-pyrrole nitrogens is 1. The summed E-state index contributed by atoms with van der Waals surface area (Å²) in [7, 11) is 0. The average Bonchev–Trinajstić information content (AvgIpc) is 3.12. The van der Waals surface area contributed by atoms with Gasteiger partial charge in [-0.2, -0.15) is 10.4 Å². The van der Waals surface area contributed by atoms with E-state index >= 15 is 0 Å². The van der Waals surface area contributed by atoms with Crippen LogP contribution in [0, 0.1) is 16.7 Å². The molecule has 1 aliphatic rings. The molecule has 0 fully saturated rings. The Labute approximate surface area is 137 Å². The Morgan fingerprint density at radius 1 is 1.42 bits per heavy atom. The van der Waals surface area contributed by atoms with Crippen molar-refractivity contribution in [3.63, 3.8) is 0 Å². The second-order valence-corrected chi connectivity index (χ2v) is 5.65. The molecule has 0 saturated carbocycles. The minimum absolute atomic E-state index is 0.172. The van der Waals surface area contributed by atoms with Gasteiger partial charge in [-0.25, -0.2) is 4.99 Å². The van der Waals surface area contributed by atoms with Crippen molar-refractivity contribution in [2.75, 3.05) is 20.0 Å². The van der Waals surface area contributed by atoms with Gasteiger partial charge in [0.2, 0.25) is 5.90 Å². The maximum Gasteiger partial charge on any atom is 0.221 e. The second-order valence-electron chi connectivity index (χ2n) is 5.65. The van der Waals surface area contributed by atoms with Crippen LogP contribution >= 0.6 is 0 Å². The lowest BCUT2D eigenvalue weighted by atomic mass is 9.88. The maximum atomic E-state index is 13.2. The Morgan fingerprint density at radius 3 is 2.88 bits per heavy atom. The molecule has 124 valence electrons. The molecule has 1 atom stereocenters. The quantitative estimate of drug-likeness (QED) is 0.894. The number of benzene rings is 1. The van der Waals surface area contributed by atoms with Crippen LogP contribution < -0.4 is 5.73 Å². The smallest absolute Gasteiger partial charge is 0.221 e. The predicted molar refractivity (Wildman–Crippen MR) is 83.6 cm³/mol. The summed E-state index contributed by atoms with van der Waals surface area (Å²) in [5.41, 5.74) is 6.71. The number of aliphatic imine (C=N–C) groups is 1. The normalized spacial score (nSPS) is 19.2. The Kier molecular flexibility index (Phi) is 4.27. The number of nitrogens with one attached hydrogen (secondary N) is 1. The molecule has 8 heteroatoms. The van der Waals surface area contributed by atoms with Crippen LogP contribution in [0.15, 0.2) is 35.5 Å². The molecule has 0 bridgehead atoms. The Hall–Kier alpha value is -2.79. The molecule has 0 amide bonds. The number of halogens is 2. The van der Waals surface area contributed by atoms with E-state index in [0.29, 0.717) is 22.4 Å². The molecule has 24 heavy (non-hydrogen) atoms. The third-order valence-corrected chi connectivity index (χ3v) is 4.06. The Balaban J connectivity index is 1.98. The van der Waals surface area contributed by atoms with Crippen LogP contribution in [0.25, 0.3) is 11.3 Å². The average molecular weight is 331 g/mol. The molecule has 1 aliphatic heterocycles. The Bertz CT molecular complexity index is 807. The van der Waals surface area contributed by atoms with Gasteiger partial charge in [0.05, 0.1) is 34.5 Å². The molecule has 3 N–H and O–H groups in total. The molecular formula is C16H15F2N5O. The zero-order valence-corrected chi connectivity index (χ0v) is 12.7. The number of alkyl halides is 2. The maximum absolute atomic E-state index is 13.2. The highest BCUT2D eigenvalue weighted by molar-refractivity contribution is 6.00. The third-order valence-electron chi connectivity index (χ3n) is 4.06. The SMILES string of the molecule is N#Cc1cccc(-c2[nH]ncc2C2=N[C@@H](N)C(CF)(CF)CO2)c1. The number of ether oxygens (including phenoxy) is 1. The number of hydrogen-bond acceptors (Lipinski definition) is 5. The van der Waals surface area contributed by atoms with Gasteiger partial charge in [-0.1, -0.05) is 12.1 Å². The first-order valence-corrected chi connectivity index (χ1v) is 7.26. The van der Waals surface area contributed by atoms with Gasteiger partial charge in [-0.15, -0.1) is 0 Å². The fourth-order valence-corrected chi connectivity index (χ4v) is 2.43. The van der Waals surface area contributed by atoms with Gasteiger partial charge in [0, 0.05) is 5.56 Å². The largest absolute Gasteiger partial charge is 0.476 e. The predicted octanol–water partition coefficient (Wildman–Crippen LogP) is 1.94. The lowest BCUT2D eigenvalue weighted by Gasteiger charge is -2.35. The number of rotatable bonds is 4. The fraction of sp³-hybridized carbons (Fsp3) is 0.312. The minimum Gasteiger partial charge on any atom is -0.476 e. The second kappa shape index (κ2) is 6.37. The first-order valence-electron chi connectivity index (χ1n) is 7.26. The highest BCUT2D eigenvalue weighted by atomic mass is 19.1. The van der Waals surface area contributed by atoms with Gasteiger partial charge in [0.15, 0.2) is 0 Å². The van der Waals surface area contributed by atoms with Gasteiger partial charge in [0.1, 0.15) is 26.1 Å². The lowest BCUT2D eigenvalue weighted by molar-refractivity contribution is 0.0356. The van der Waals surface area contributed by atoms with Gasteiger partial charge in [0.25, 0.3) is 0 Å². The van der Waals surface area contributed by atoms with Crippen LogP contribution in [0.3, 0.4) is 0 Å². The van der Waals surface area contributed by atoms with Crippen LogP contribution in [0.1, 0.15) is 11.1 Å². The minimum atomic E-state index is -1.45. The molecule has 2 heterocycles. The topological polar surface area (TPSA) is 100 Å². The monoisotopic (exact) mass is 331 g/mol. The zero-order valence-electron chi connectivity index (χ0n) is 12.7. The summed E-state index contributed by atoms with van der Waals surface area (Å²) in [4.78, 5) is 4.12. The van der Waals surface area contributed by atoms with Crippen LogP contribution in [0.4, 0.5) is 8.78 Å². The summed E-state index contributed by atoms with van der Waals surface area (Å²) in [5, 5.41) is 15.8. The summed E-state index contributed by atoms with van der Waals surface area (Å²) in [6.45, 7) is -2.11. The highest BCUT2D eigenvalue weighted by Crippen LogP contribution is 2.31. The van der Waals surface area contributed by atoms with E-state index < -0.39 is 24.9 Å². The van der Waals surface area contributed by atoms with E-state index in [1.54, 1.807) is 24.3 Å². The van der Waals surface area contributed by atoms with E-state index in [2.05, 4.69) is 21.3 Å². The van der Waals surface area contributed by atoms with Crippen molar-refractivity contribution in [3.05, 3.63) is 41.6 Å². The first kappa shape index (κ1) is 16.1. The van der Waals surface area contributed by atoms with Crippen molar-refractivity contribution < 1.29 is 13.5 Å². The summed E-state index contributed by atoms with van der Waals surface area (Å²) in [6, 6.07) is 8.97. The van der Waals surface area contributed by atoms with Crippen LogP contribution in [0.5, 0.6) is 0 Å². The molecule has 0 spiro atoms. The van der Waals surface area contributed by atoms with Crippen molar-refractivity contribution in [2.45, 2.75) is 6.17 Å². The van der Waals surface area contributed by atoms with E-state index in [9.17, 15) is 8.78 Å². The summed E-state index contributed by atoms with van der Waals surface area (Å²) >= 11 is 0. The molecule has 1 aromatic carbocycles. The van der Waals surface area contributed by atoms with Crippen molar-refractivity contribution in [1.29, 1.82) is 5.26 Å². The first-order chi connectivity index (χ1) is 11.6. The molecule has 0 aliphatic carbocycles. The summed E-state index contributed by atoms with van der Waals surface area (Å²) in [5.74, 6) is 0.172. The number of aromatic nitrogens is 2. The van der Waals surface area contributed by atoms with Gasteiger partial charge >= 0.3 is 0 Å². The summed E-state index contributed by atoms with van der Waals surface area (Å²) in [6.07, 6.45) is 0.446. The van der Waals surface area contributed by atoms with E-state index in [0.717, 1.165) is 0 Å². The van der Waals surface area contributed by atoms with Crippen molar-refractivity contribution >= 4 is 5.90 Å². The molecule has 2 aromatic rings. The fourth-order valence-electron chi connectivity index (χ4n) is 2.43. The summed E-state index contributed by atoms with van der Waals surface area (Å²) < 4.78 is 31.8. The standard InChI is InChI=1S/C16H15F2N5O/c17-7-16(8-18)9-24-14(22-15(16)20)12-6-21-23-13(12)11-3-1-2-10(4-11)5-19/h1-4,6,15H,7-9,20H2,(H,21,23)/t15-/m1/s1. The number of nitrogens with two attached hydrogens (primary N) is 1. The van der Waals surface area contributed by atoms with Crippen LogP contribution in [-0.4, -0.2) is 42.2 Å². The molecule has 0 radical (unpaired) electrons. The van der Waals surface area contributed by atoms with Gasteiger partial charge < -0.3 is 10.5 Å². The molecule has 6 nitrogen and oxygen atoms in total. The Morgan fingerprint density at radius 2 is 2.21 bits per heavy atom. The van der Waals surface area contributed by atoms with Crippen LogP contribution in [-0.2, 0) is 4.74 Å². The van der Waals surface area contributed by atoms with Gasteiger partial charge in [-0.05, 0) is 12.1 Å². The molecule has 3 rings (SSSR count). The van der Waals surface area contributed by atoms with Crippen LogP contribution in [0.2, 0.25) is 0 Å². The number of nitrogens with zero attached hydrogens (tertiary/aromatic N) is 3. The number of aromatic amines is 1.